The largest absolute Gasteiger partial charge is 0.488 e. The third kappa shape index (κ3) is 3.78. The second-order valence-electron chi connectivity index (χ2n) is 4.77. The van der Waals surface area contributed by atoms with Crippen molar-refractivity contribution in [3.8, 4) is 5.75 Å². The van der Waals surface area contributed by atoms with E-state index in [0.29, 0.717) is 20.5 Å². The molecule has 1 saturated heterocycles. The number of rotatable bonds is 4. The number of thioether (sulfide) groups is 1. The molecule has 116 valence electrons. The molecule has 2 aromatic rings. The van der Waals surface area contributed by atoms with Gasteiger partial charge in [0.1, 0.15) is 22.5 Å². The van der Waals surface area contributed by atoms with E-state index < -0.39 is 0 Å². The molecule has 0 unspecified atom stereocenters. The zero-order valence-electron chi connectivity index (χ0n) is 11.9. The average molecular weight is 345 g/mol. The lowest BCUT2D eigenvalue weighted by atomic mass is 10.1. The number of hydrogen-bond acceptors (Lipinski definition) is 4. The summed E-state index contributed by atoms with van der Waals surface area (Å²) in [7, 11) is 0. The van der Waals surface area contributed by atoms with Crippen LogP contribution in [0.1, 0.15) is 11.1 Å². The van der Waals surface area contributed by atoms with E-state index in [-0.39, 0.29) is 18.3 Å². The molecule has 1 aliphatic rings. The average Bonchev–Trinajstić information content (AvgIpc) is 2.85. The smallest absolute Gasteiger partial charge is 0.263 e. The summed E-state index contributed by atoms with van der Waals surface area (Å²) < 4.78 is 19.8. The second kappa shape index (κ2) is 6.93. The van der Waals surface area contributed by atoms with E-state index in [1.54, 1.807) is 30.3 Å². The Hall–Kier alpha value is -2.18. The van der Waals surface area contributed by atoms with Gasteiger partial charge in [0, 0.05) is 11.1 Å². The Labute approximate surface area is 142 Å². The van der Waals surface area contributed by atoms with Crippen molar-refractivity contribution in [3.63, 3.8) is 0 Å². The van der Waals surface area contributed by atoms with Crippen molar-refractivity contribution >= 4 is 40.3 Å². The maximum Gasteiger partial charge on any atom is 0.263 e. The highest BCUT2D eigenvalue weighted by atomic mass is 32.2. The maximum absolute atomic E-state index is 13.7. The first kappa shape index (κ1) is 15.7. The zero-order valence-corrected chi connectivity index (χ0v) is 13.5. The van der Waals surface area contributed by atoms with Gasteiger partial charge in [0.25, 0.3) is 5.91 Å². The van der Waals surface area contributed by atoms with E-state index in [1.807, 2.05) is 18.2 Å². The number of ether oxygens (including phenoxy) is 1. The molecular weight excluding hydrogens is 333 g/mol. The molecule has 1 heterocycles. The third-order valence-electron chi connectivity index (χ3n) is 3.19. The normalized spacial score (nSPS) is 15.8. The van der Waals surface area contributed by atoms with Crippen LogP contribution < -0.4 is 10.1 Å². The number of benzene rings is 2. The van der Waals surface area contributed by atoms with E-state index in [9.17, 15) is 9.18 Å². The van der Waals surface area contributed by atoms with Crippen molar-refractivity contribution < 1.29 is 13.9 Å². The van der Waals surface area contributed by atoms with Gasteiger partial charge in [-0.25, -0.2) is 4.39 Å². The van der Waals surface area contributed by atoms with Gasteiger partial charge in [-0.3, -0.25) is 4.79 Å². The zero-order chi connectivity index (χ0) is 16.2. The minimum Gasteiger partial charge on any atom is -0.488 e. The monoisotopic (exact) mass is 345 g/mol. The van der Waals surface area contributed by atoms with Crippen LogP contribution in [-0.2, 0) is 11.4 Å². The molecule has 6 heteroatoms. The molecule has 1 N–H and O–H groups in total. The molecule has 2 aromatic carbocycles. The third-order valence-corrected chi connectivity index (χ3v) is 4.35. The Morgan fingerprint density at radius 1 is 1.17 bits per heavy atom. The van der Waals surface area contributed by atoms with Gasteiger partial charge < -0.3 is 10.1 Å². The maximum atomic E-state index is 13.7. The minimum absolute atomic E-state index is 0.116. The van der Waals surface area contributed by atoms with Crippen LogP contribution >= 0.6 is 24.0 Å². The molecule has 0 bridgehead atoms. The Morgan fingerprint density at radius 3 is 2.65 bits per heavy atom. The first-order chi connectivity index (χ1) is 11.1. The molecule has 3 rings (SSSR count). The van der Waals surface area contributed by atoms with E-state index in [4.69, 9.17) is 17.0 Å². The van der Waals surface area contributed by atoms with E-state index in [2.05, 4.69) is 5.32 Å². The van der Waals surface area contributed by atoms with Crippen LogP contribution in [0.4, 0.5) is 4.39 Å². The lowest BCUT2D eigenvalue weighted by Crippen LogP contribution is -2.17. The summed E-state index contributed by atoms with van der Waals surface area (Å²) in [4.78, 5) is 12.3. The van der Waals surface area contributed by atoms with Gasteiger partial charge in [0.2, 0.25) is 0 Å². The Morgan fingerprint density at radius 2 is 1.91 bits per heavy atom. The molecule has 3 nitrogen and oxygen atoms in total. The van der Waals surface area contributed by atoms with Gasteiger partial charge in [-0.05, 0) is 18.2 Å². The van der Waals surface area contributed by atoms with Gasteiger partial charge in [-0.15, -0.1) is 0 Å². The first-order valence-corrected chi connectivity index (χ1v) is 8.06. The molecule has 1 amide bonds. The lowest BCUT2D eigenvalue weighted by Gasteiger charge is -2.10. The summed E-state index contributed by atoms with van der Waals surface area (Å²) in [5, 5.41) is 2.57. The van der Waals surface area contributed by atoms with Gasteiger partial charge in [0.15, 0.2) is 0 Å². The van der Waals surface area contributed by atoms with E-state index in [0.717, 1.165) is 5.56 Å². The number of nitrogens with one attached hydrogen (secondary N) is 1. The molecule has 1 fully saturated rings. The van der Waals surface area contributed by atoms with Crippen LogP contribution in [0.3, 0.4) is 0 Å². The number of para-hydroxylation sites is 1. The number of amides is 1. The van der Waals surface area contributed by atoms with Crippen molar-refractivity contribution in [1.29, 1.82) is 0 Å². The van der Waals surface area contributed by atoms with Gasteiger partial charge in [-0.2, -0.15) is 0 Å². The molecule has 1 aliphatic heterocycles. The Bertz CT molecular complexity index is 805. The quantitative estimate of drug-likeness (QED) is 0.674. The van der Waals surface area contributed by atoms with Gasteiger partial charge in [0.05, 0.1) is 4.91 Å². The van der Waals surface area contributed by atoms with Crippen LogP contribution in [0.25, 0.3) is 6.08 Å². The van der Waals surface area contributed by atoms with E-state index in [1.165, 1.54) is 17.8 Å². The fourth-order valence-electron chi connectivity index (χ4n) is 2.06. The first-order valence-electron chi connectivity index (χ1n) is 6.83. The highest BCUT2D eigenvalue weighted by Crippen LogP contribution is 2.29. The second-order valence-corrected chi connectivity index (χ2v) is 6.49. The highest BCUT2D eigenvalue weighted by Gasteiger charge is 2.22. The van der Waals surface area contributed by atoms with Crippen molar-refractivity contribution in [2.24, 2.45) is 0 Å². The summed E-state index contributed by atoms with van der Waals surface area (Å²) in [5.41, 5.74) is 1.22. The summed E-state index contributed by atoms with van der Waals surface area (Å²) in [6, 6.07) is 13.7. The number of carbonyl (C=O) groups excluding carboxylic acids is 1. The van der Waals surface area contributed by atoms with Crippen LogP contribution in [0.5, 0.6) is 5.75 Å². The molecule has 0 spiro atoms. The molecular formula is C17H12FNO2S2. The summed E-state index contributed by atoms with van der Waals surface area (Å²) >= 11 is 6.18. The van der Waals surface area contributed by atoms with E-state index >= 15 is 0 Å². The Balaban J connectivity index is 1.81. The molecule has 23 heavy (non-hydrogen) atoms. The molecule has 0 saturated carbocycles. The van der Waals surface area contributed by atoms with Gasteiger partial charge >= 0.3 is 0 Å². The topological polar surface area (TPSA) is 38.3 Å². The standard InChI is InChI=1S/C17H12FNO2S2/c18-13-7-3-1-6-12(13)10-21-14-8-4-2-5-11(14)9-15-16(20)19-17(22)23-15/h1-9H,10H2,(H,19,20,22). The summed E-state index contributed by atoms with van der Waals surface area (Å²) in [6.07, 6.45) is 1.72. The Kier molecular flexibility index (Phi) is 4.73. The van der Waals surface area contributed by atoms with Crippen LogP contribution in [0.15, 0.2) is 53.4 Å². The van der Waals surface area contributed by atoms with Gasteiger partial charge in [-0.1, -0.05) is 60.4 Å². The minimum atomic E-state index is -0.306. The van der Waals surface area contributed by atoms with Crippen LogP contribution in [0, 0.1) is 5.82 Å². The number of carbonyl (C=O) groups is 1. The molecule has 0 aliphatic carbocycles. The van der Waals surface area contributed by atoms with Crippen LogP contribution in [0.2, 0.25) is 0 Å². The molecule has 0 aromatic heterocycles. The lowest BCUT2D eigenvalue weighted by molar-refractivity contribution is -0.115. The number of halogens is 1. The van der Waals surface area contributed by atoms with Crippen molar-refractivity contribution in [3.05, 3.63) is 70.4 Å². The number of thiocarbonyl (C=S) groups is 1. The fourth-order valence-corrected chi connectivity index (χ4v) is 3.10. The van der Waals surface area contributed by atoms with Crippen molar-refractivity contribution in [2.45, 2.75) is 6.61 Å². The SMILES string of the molecule is O=C1NC(=S)SC1=Cc1ccccc1OCc1ccccc1F. The summed E-state index contributed by atoms with van der Waals surface area (Å²) in [6.45, 7) is 0.116. The molecule has 0 radical (unpaired) electrons. The number of hydrogen-bond donors (Lipinski definition) is 1. The van der Waals surface area contributed by atoms with Crippen molar-refractivity contribution in [1.82, 2.24) is 5.32 Å². The van der Waals surface area contributed by atoms with Crippen LogP contribution in [-0.4, -0.2) is 10.2 Å². The fraction of sp³-hybridized carbons (Fsp3) is 0.0588. The predicted octanol–water partition coefficient (Wildman–Crippen LogP) is 3.89. The predicted molar refractivity (Wildman–Crippen MR) is 93.5 cm³/mol. The summed E-state index contributed by atoms with van der Waals surface area (Å²) in [5.74, 6) is 0.0535. The molecule has 0 atom stereocenters. The highest BCUT2D eigenvalue weighted by molar-refractivity contribution is 8.26. The van der Waals surface area contributed by atoms with Crippen molar-refractivity contribution in [2.75, 3.05) is 0 Å².